The zero-order valence-corrected chi connectivity index (χ0v) is 29.9. The van der Waals surface area contributed by atoms with Gasteiger partial charge in [-0.05, 0) is 103 Å². The predicted octanol–water partition coefficient (Wildman–Crippen LogP) is 11.3. The van der Waals surface area contributed by atoms with Crippen LogP contribution >= 0.6 is 0 Å². The number of hydrogen-bond donors (Lipinski definition) is 0. The van der Waals surface area contributed by atoms with Gasteiger partial charge in [0.1, 0.15) is 22.9 Å². The van der Waals surface area contributed by atoms with Crippen molar-refractivity contribution in [1.82, 2.24) is 24.3 Å². The minimum absolute atomic E-state index is 0.00847. The van der Waals surface area contributed by atoms with E-state index < -0.39 is 5.54 Å². The summed E-state index contributed by atoms with van der Waals surface area (Å²) in [5.41, 5.74) is 7.41. The molecule has 1 aliphatic rings. The van der Waals surface area contributed by atoms with Crippen LogP contribution in [0.1, 0.15) is 23.2 Å². The minimum Gasteiger partial charge on any atom is -0.423 e. The smallest absolute Gasteiger partial charge is 0.307 e. The van der Waals surface area contributed by atoms with Gasteiger partial charge in [0.05, 0.1) is 22.4 Å². The molecule has 8 aromatic rings. The number of benzene rings is 5. The topological polar surface area (TPSA) is 57.8 Å². The molecule has 1 atom stereocenters. The van der Waals surface area contributed by atoms with Crippen LogP contribution in [-0.4, -0.2) is 24.3 Å². The molecule has 3 aromatic heterocycles. The van der Waals surface area contributed by atoms with Gasteiger partial charge in [-0.3, -0.25) is 14.2 Å². The number of aryl methyl sites for hydroxylation is 1. The van der Waals surface area contributed by atoms with Gasteiger partial charge in [-0.2, -0.15) is 10.1 Å². The van der Waals surface area contributed by atoms with Crippen molar-refractivity contribution in [1.29, 1.82) is 0 Å². The van der Waals surface area contributed by atoms with Crippen LogP contribution in [-0.2, 0) is 5.54 Å². The molecule has 0 aliphatic heterocycles. The molecule has 6 nitrogen and oxygen atoms in total. The molecule has 9 rings (SSSR count). The fourth-order valence-electron chi connectivity index (χ4n) is 7.70. The van der Waals surface area contributed by atoms with Crippen LogP contribution in [0.25, 0.3) is 39.1 Å². The SMILES string of the molecule is Cc1ncccc1Oc1nc2ccc(-c3cn(C(c4ccccc4)(c4ccccc4)C4C=CC=CC4)nc3-c3ccc(F)cc3)cc2n1-c1ccc(F)cc1. The lowest BCUT2D eigenvalue weighted by atomic mass is 9.70. The molecule has 1 aliphatic carbocycles. The Bertz CT molecular complexity index is 2640. The van der Waals surface area contributed by atoms with E-state index in [0.29, 0.717) is 34.4 Å². The lowest BCUT2D eigenvalue weighted by molar-refractivity contribution is 0.293. The molecule has 1 unspecified atom stereocenters. The summed E-state index contributed by atoms with van der Waals surface area (Å²) in [7, 11) is 0. The van der Waals surface area contributed by atoms with Gasteiger partial charge in [0, 0.05) is 29.4 Å². The van der Waals surface area contributed by atoms with Crippen molar-refractivity contribution in [3.05, 3.63) is 205 Å². The first kappa shape index (κ1) is 33.9. The molecule has 0 saturated heterocycles. The highest BCUT2D eigenvalue weighted by molar-refractivity contribution is 5.89. The summed E-state index contributed by atoms with van der Waals surface area (Å²) in [4.78, 5) is 9.29. The number of rotatable bonds is 9. The first-order valence-corrected chi connectivity index (χ1v) is 18.2. The molecule has 5 aromatic carbocycles. The number of nitrogens with zero attached hydrogens (tertiary/aromatic N) is 5. The maximum atomic E-state index is 14.4. The van der Waals surface area contributed by atoms with Crippen LogP contribution in [0.2, 0.25) is 0 Å². The Hall–Kier alpha value is -6.93. The van der Waals surface area contributed by atoms with Crippen LogP contribution in [0.3, 0.4) is 0 Å². The van der Waals surface area contributed by atoms with Crippen molar-refractivity contribution in [3.8, 4) is 39.8 Å². The quantitative estimate of drug-likeness (QED) is 0.149. The van der Waals surface area contributed by atoms with Crippen molar-refractivity contribution >= 4 is 11.0 Å². The van der Waals surface area contributed by atoms with Crippen molar-refractivity contribution in [2.75, 3.05) is 0 Å². The van der Waals surface area contributed by atoms with Gasteiger partial charge >= 0.3 is 6.01 Å². The fourth-order valence-corrected chi connectivity index (χ4v) is 7.70. The molecule has 0 N–H and O–H groups in total. The first-order valence-electron chi connectivity index (χ1n) is 18.2. The highest BCUT2D eigenvalue weighted by Crippen LogP contribution is 2.46. The van der Waals surface area contributed by atoms with Gasteiger partial charge in [-0.25, -0.2) is 8.78 Å². The van der Waals surface area contributed by atoms with Gasteiger partial charge in [-0.1, -0.05) is 91.0 Å². The molecular formula is C47H35F2N5O. The second-order valence-corrected chi connectivity index (χ2v) is 13.6. The van der Waals surface area contributed by atoms with Crippen molar-refractivity contribution in [2.45, 2.75) is 18.9 Å². The van der Waals surface area contributed by atoms with Crippen LogP contribution in [0, 0.1) is 24.5 Å². The number of hydrogen-bond acceptors (Lipinski definition) is 4. The summed E-state index contributed by atoms with van der Waals surface area (Å²) < 4.78 is 39.0. The molecule has 268 valence electrons. The second-order valence-electron chi connectivity index (χ2n) is 13.6. The molecule has 0 amide bonds. The number of imidazole rings is 1. The fraction of sp³-hybridized carbons (Fsp3) is 0.0851. The number of fused-ring (bicyclic) bond motifs is 1. The standard InChI is InChI=1S/C47H35F2N5O/c1-32-44(18-11-29-50-32)55-46-51-42-28-21-34(30-43(42)54(46)40-26-24-39(49)25-27-40)41-31-53(52-45(41)33-19-22-38(48)23-20-33)47(35-12-5-2-6-13-35,36-14-7-3-8-15-36)37-16-9-4-10-17-37/h2-16,18-31,37H,17H2,1H3. The minimum atomic E-state index is -0.751. The van der Waals surface area contributed by atoms with E-state index in [1.165, 1.54) is 24.3 Å². The normalized spacial score (nSPS) is 14.1. The number of aromatic nitrogens is 5. The molecule has 0 fully saturated rings. The van der Waals surface area contributed by atoms with Crippen molar-refractivity contribution in [2.24, 2.45) is 5.92 Å². The third-order valence-corrected chi connectivity index (χ3v) is 10.3. The Kier molecular flexibility index (Phi) is 8.71. The molecule has 3 heterocycles. The Morgan fingerprint density at radius 2 is 1.40 bits per heavy atom. The largest absolute Gasteiger partial charge is 0.423 e. The zero-order chi connectivity index (χ0) is 37.4. The third-order valence-electron chi connectivity index (χ3n) is 10.3. The number of pyridine rings is 1. The van der Waals surface area contributed by atoms with Gasteiger partial charge in [0.25, 0.3) is 0 Å². The van der Waals surface area contributed by atoms with Crippen LogP contribution in [0.4, 0.5) is 8.78 Å². The van der Waals surface area contributed by atoms with Gasteiger partial charge in [0.2, 0.25) is 0 Å². The summed E-state index contributed by atoms with van der Waals surface area (Å²) in [6, 6.07) is 43.7. The van der Waals surface area contributed by atoms with E-state index in [1.54, 1.807) is 30.5 Å². The highest BCUT2D eigenvalue weighted by Gasteiger charge is 2.44. The number of ether oxygens (including phenoxy) is 1. The zero-order valence-electron chi connectivity index (χ0n) is 29.9. The molecule has 0 saturated carbocycles. The van der Waals surface area contributed by atoms with Crippen molar-refractivity contribution < 1.29 is 13.5 Å². The van der Waals surface area contributed by atoms with Crippen molar-refractivity contribution in [3.63, 3.8) is 0 Å². The summed E-state index contributed by atoms with van der Waals surface area (Å²) in [6.07, 6.45) is 13.3. The van der Waals surface area contributed by atoms with E-state index >= 15 is 0 Å². The van der Waals surface area contributed by atoms with E-state index in [2.05, 4.69) is 94.8 Å². The van der Waals surface area contributed by atoms with Gasteiger partial charge in [0.15, 0.2) is 5.75 Å². The maximum Gasteiger partial charge on any atom is 0.307 e. The molecule has 0 spiro atoms. The monoisotopic (exact) mass is 723 g/mol. The molecule has 55 heavy (non-hydrogen) atoms. The predicted molar refractivity (Wildman–Crippen MR) is 212 cm³/mol. The van der Waals surface area contributed by atoms with Crippen LogP contribution in [0.5, 0.6) is 11.8 Å². The number of halogens is 2. The summed E-state index contributed by atoms with van der Waals surface area (Å²) >= 11 is 0. The van der Waals surface area contributed by atoms with Gasteiger partial charge in [-0.15, -0.1) is 0 Å². The van der Waals surface area contributed by atoms with E-state index in [9.17, 15) is 8.78 Å². The molecule has 0 bridgehead atoms. The maximum absolute atomic E-state index is 14.4. The summed E-state index contributed by atoms with van der Waals surface area (Å²) in [5, 5.41) is 5.47. The Balaban J connectivity index is 1.30. The summed E-state index contributed by atoms with van der Waals surface area (Å²) in [6.45, 7) is 1.87. The molecule has 8 heteroatoms. The van der Waals surface area contributed by atoms with E-state index in [-0.39, 0.29) is 17.6 Å². The van der Waals surface area contributed by atoms with Gasteiger partial charge < -0.3 is 4.74 Å². The average Bonchev–Trinajstić information content (AvgIpc) is 3.83. The Labute approximate surface area is 317 Å². The van der Waals surface area contributed by atoms with E-state index in [4.69, 9.17) is 14.8 Å². The molecular weight excluding hydrogens is 689 g/mol. The second kappa shape index (κ2) is 14.1. The Morgan fingerprint density at radius 1 is 0.727 bits per heavy atom. The van der Waals surface area contributed by atoms with Crippen LogP contribution < -0.4 is 4.74 Å². The lowest BCUT2D eigenvalue weighted by Gasteiger charge is -2.41. The average molecular weight is 724 g/mol. The lowest BCUT2D eigenvalue weighted by Crippen LogP contribution is -2.43. The third kappa shape index (κ3) is 6.11. The van der Waals surface area contributed by atoms with Crippen LogP contribution in [0.15, 0.2) is 176 Å². The highest BCUT2D eigenvalue weighted by atomic mass is 19.1. The van der Waals surface area contributed by atoms with E-state index in [1.807, 2.05) is 47.9 Å². The first-order chi connectivity index (χ1) is 27.0. The van der Waals surface area contributed by atoms with E-state index in [0.717, 1.165) is 39.8 Å². The number of allylic oxidation sites excluding steroid dienone is 4. The Morgan fingerprint density at radius 3 is 2.05 bits per heavy atom. The molecule has 0 radical (unpaired) electrons. The summed E-state index contributed by atoms with van der Waals surface area (Å²) in [5.74, 6) is -0.104.